The number of nitrogens with two attached hydrogens (primary N) is 1. The van der Waals surface area contributed by atoms with E-state index in [1.807, 2.05) is 12.1 Å². The molecule has 9 heteroatoms. The first-order valence-corrected chi connectivity index (χ1v) is 10.7. The summed E-state index contributed by atoms with van der Waals surface area (Å²) in [6, 6.07) is 6.63. The number of carbonyl (C=O) groups is 2. The van der Waals surface area contributed by atoms with Crippen molar-refractivity contribution in [1.29, 1.82) is 0 Å². The van der Waals surface area contributed by atoms with E-state index in [2.05, 4.69) is 0 Å². The summed E-state index contributed by atoms with van der Waals surface area (Å²) in [5.41, 5.74) is 8.47. The number of carbonyl (C=O) groups excluding carboxylic acids is 2. The minimum absolute atomic E-state index is 0.0305. The second kappa shape index (κ2) is 8.15. The fraction of sp³-hybridized carbons (Fsp3) is 0.417. The van der Waals surface area contributed by atoms with Gasteiger partial charge in [0.2, 0.25) is 12.5 Å². The zero-order chi connectivity index (χ0) is 23.3. The lowest BCUT2D eigenvalue weighted by Crippen LogP contribution is -2.32. The van der Waals surface area contributed by atoms with Crippen LogP contribution in [-0.2, 0) is 20.7 Å². The second-order valence-corrected chi connectivity index (χ2v) is 8.47. The van der Waals surface area contributed by atoms with Crippen LogP contribution in [0.2, 0.25) is 0 Å². The van der Waals surface area contributed by atoms with Crippen LogP contribution >= 0.6 is 0 Å². The summed E-state index contributed by atoms with van der Waals surface area (Å²) in [5.74, 6) is 0.557. The van der Waals surface area contributed by atoms with Gasteiger partial charge in [-0.05, 0) is 54.3 Å². The van der Waals surface area contributed by atoms with Crippen molar-refractivity contribution in [3.63, 3.8) is 0 Å². The number of cyclic esters (lactones) is 1. The topological polar surface area (TPSA) is 116 Å². The number of rotatable bonds is 5. The summed E-state index contributed by atoms with van der Waals surface area (Å²) < 4.78 is 33.2. The summed E-state index contributed by atoms with van der Waals surface area (Å²) in [5, 5.41) is 0. The van der Waals surface area contributed by atoms with Crippen molar-refractivity contribution in [1.82, 2.24) is 0 Å². The van der Waals surface area contributed by atoms with Gasteiger partial charge in [-0.15, -0.1) is 0 Å². The van der Waals surface area contributed by atoms with E-state index in [4.69, 9.17) is 34.2 Å². The van der Waals surface area contributed by atoms with Gasteiger partial charge in [0, 0.05) is 11.8 Å². The first-order chi connectivity index (χ1) is 15.9. The van der Waals surface area contributed by atoms with Gasteiger partial charge in [-0.25, -0.2) is 4.79 Å². The summed E-state index contributed by atoms with van der Waals surface area (Å²) in [6.07, 6.45) is 0.706. The Morgan fingerprint density at radius 1 is 1.06 bits per heavy atom. The summed E-state index contributed by atoms with van der Waals surface area (Å²) in [6.45, 7) is 2.07. The highest BCUT2D eigenvalue weighted by Gasteiger charge is 2.48. The zero-order valence-electron chi connectivity index (χ0n) is 18.6. The largest absolute Gasteiger partial charge is 0.493 e. The summed E-state index contributed by atoms with van der Waals surface area (Å²) in [4.78, 5) is 25.0. The van der Waals surface area contributed by atoms with E-state index in [0.29, 0.717) is 36.0 Å². The molecule has 2 heterocycles. The molecular formula is C24H25NO8. The van der Waals surface area contributed by atoms with E-state index in [9.17, 15) is 9.59 Å². The third kappa shape index (κ3) is 3.52. The minimum Gasteiger partial charge on any atom is -0.493 e. The molecule has 2 aromatic carbocycles. The molecule has 1 saturated heterocycles. The van der Waals surface area contributed by atoms with E-state index < -0.39 is 12.0 Å². The molecule has 2 aromatic rings. The third-order valence-corrected chi connectivity index (χ3v) is 6.45. The number of methoxy groups -OCH3 is 2. The van der Waals surface area contributed by atoms with Crippen LogP contribution in [0.5, 0.6) is 28.7 Å². The number of ether oxygens (including phenoxy) is 6. The highest BCUT2D eigenvalue weighted by Crippen LogP contribution is 2.52. The van der Waals surface area contributed by atoms with E-state index in [-0.39, 0.29) is 36.3 Å². The van der Waals surface area contributed by atoms with Gasteiger partial charge in [0.15, 0.2) is 23.0 Å². The SMILES string of the molecule is COc1cc([C@@H]2c3cc4c(cc3C[C@H]3COC(=O)[C@@H]32)OCO4)cc(OC)c1OC(=O)[C@H](C)N. The maximum atomic E-state index is 12.8. The monoisotopic (exact) mass is 455 g/mol. The van der Waals surface area contributed by atoms with Gasteiger partial charge in [-0.2, -0.15) is 0 Å². The van der Waals surface area contributed by atoms with Crippen LogP contribution in [0, 0.1) is 11.8 Å². The molecule has 2 N–H and O–H groups in total. The molecule has 2 aliphatic heterocycles. The van der Waals surface area contributed by atoms with Crippen LogP contribution in [0.3, 0.4) is 0 Å². The average Bonchev–Trinajstić information content (AvgIpc) is 3.42. The lowest BCUT2D eigenvalue weighted by Gasteiger charge is -2.34. The Hall–Kier alpha value is -3.46. The minimum atomic E-state index is -0.817. The Morgan fingerprint density at radius 3 is 2.36 bits per heavy atom. The van der Waals surface area contributed by atoms with Gasteiger partial charge < -0.3 is 34.2 Å². The van der Waals surface area contributed by atoms with E-state index in [1.54, 1.807) is 12.1 Å². The molecule has 1 aliphatic carbocycles. The van der Waals surface area contributed by atoms with Crippen LogP contribution in [0.15, 0.2) is 24.3 Å². The second-order valence-electron chi connectivity index (χ2n) is 8.47. The number of benzene rings is 2. The van der Waals surface area contributed by atoms with Crippen molar-refractivity contribution >= 4 is 11.9 Å². The van der Waals surface area contributed by atoms with Crippen molar-refractivity contribution in [2.45, 2.75) is 25.3 Å². The maximum absolute atomic E-state index is 12.8. The molecule has 0 bridgehead atoms. The third-order valence-electron chi connectivity index (χ3n) is 6.45. The van der Waals surface area contributed by atoms with E-state index in [0.717, 1.165) is 16.7 Å². The molecule has 0 amide bonds. The smallest absolute Gasteiger partial charge is 0.328 e. The van der Waals surface area contributed by atoms with Crippen molar-refractivity contribution in [2.75, 3.05) is 27.6 Å². The van der Waals surface area contributed by atoms with Gasteiger partial charge in [0.25, 0.3) is 0 Å². The number of fused-ring (bicyclic) bond motifs is 3. The molecule has 0 aromatic heterocycles. The Balaban J connectivity index is 1.66. The van der Waals surface area contributed by atoms with Crippen molar-refractivity contribution in [3.05, 3.63) is 41.0 Å². The Morgan fingerprint density at radius 2 is 1.73 bits per heavy atom. The van der Waals surface area contributed by atoms with E-state index >= 15 is 0 Å². The van der Waals surface area contributed by atoms with Gasteiger partial charge in [-0.3, -0.25) is 4.79 Å². The quantitative estimate of drug-likeness (QED) is 0.535. The van der Waals surface area contributed by atoms with Crippen LogP contribution in [-0.4, -0.2) is 45.6 Å². The van der Waals surface area contributed by atoms with Gasteiger partial charge >= 0.3 is 11.9 Å². The predicted octanol–water partition coefficient (Wildman–Crippen LogP) is 2.16. The number of hydrogen-bond acceptors (Lipinski definition) is 9. The number of hydrogen-bond donors (Lipinski definition) is 1. The fourth-order valence-corrected chi connectivity index (χ4v) is 4.88. The van der Waals surface area contributed by atoms with Crippen LogP contribution in [0.25, 0.3) is 0 Å². The summed E-state index contributed by atoms with van der Waals surface area (Å²) in [7, 11) is 2.95. The van der Waals surface area contributed by atoms with Crippen molar-refractivity contribution in [3.8, 4) is 28.7 Å². The molecule has 0 saturated carbocycles. The standard InChI is InChI=1S/C24H25NO8/c1-11(25)23(26)33-22-18(28-2)6-13(7-19(22)29-3)20-15-8-17-16(31-10-32-17)5-12(15)4-14-9-30-24(27)21(14)20/h5-8,11,14,20-21H,4,9-10,25H2,1-3H3/t11-,14-,20+,21-/m0/s1. The van der Waals surface area contributed by atoms with Gasteiger partial charge in [0.1, 0.15) is 6.04 Å². The Kier molecular flexibility index (Phi) is 5.28. The lowest BCUT2D eigenvalue weighted by molar-refractivity contribution is -0.141. The Bertz CT molecular complexity index is 1100. The highest BCUT2D eigenvalue weighted by molar-refractivity contribution is 5.80. The normalized spacial score (nSPS) is 23.3. The molecule has 3 aliphatic rings. The molecule has 0 spiro atoms. The fourth-order valence-electron chi connectivity index (χ4n) is 4.88. The molecule has 4 atom stereocenters. The predicted molar refractivity (Wildman–Crippen MR) is 115 cm³/mol. The first kappa shape index (κ1) is 21.4. The molecule has 0 unspecified atom stereocenters. The average molecular weight is 455 g/mol. The van der Waals surface area contributed by atoms with Gasteiger partial charge in [-0.1, -0.05) is 0 Å². The first-order valence-electron chi connectivity index (χ1n) is 10.7. The van der Waals surface area contributed by atoms with Crippen molar-refractivity contribution < 1.29 is 38.0 Å². The molecule has 5 rings (SSSR count). The Labute approximate surface area is 190 Å². The van der Waals surface area contributed by atoms with Crippen LogP contribution in [0.4, 0.5) is 0 Å². The van der Waals surface area contributed by atoms with Gasteiger partial charge in [0.05, 0.1) is 26.7 Å². The molecule has 0 radical (unpaired) electrons. The van der Waals surface area contributed by atoms with E-state index in [1.165, 1.54) is 21.1 Å². The zero-order valence-corrected chi connectivity index (χ0v) is 18.6. The molecule has 33 heavy (non-hydrogen) atoms. The van der Waals surface area contributed by atoms with Crippen molar-refractivity contribution in [2.24, 2.45) is 17.6 Å². The molecule has 1 fully saturated rings. The highest BCUT2D eigenvalue weighted by atomic mass is 16.7. The summed E-state index contributed by atoms with van der Waals surface area (Å²) >= 11 is 0. The molecular weight excluding hydrogens is 430 g/mol. The molecule has 9 nitrogen and oxygen atoms in total. The van der Waals surface area contributed by atoms with Crippen LogP contribution in [0.1, 0.15) is 29.5 Å². The lowest BCUT2D eigenvalue weighted by atomic mass is 9.67. The molecule has 174 valence electrons. The maximum Gasteiger partial charge on any atom is 0.328 e. The number of esters is 2. The van der Waals surface area contributed by atoms with Crippen LogP contribution < -0.4 is 29.4 Å².